The van der Waals surface area contributed by atoms with E-state index in [1.54, 1.807) is 0 Å². The fraction of sp³-hybridized carbons (Fsp3) is 0.789. The first-order valence-corrected chi connectivity index (χ1v) is 9.58. The van der Waals surface area contributed by atoms with Gasteiger partial charge in [-0.1, -0.05) is 12.8 Å². The van der Waals surface area contributed by atoms with E-state index < -0.39 is 0 Å². The van der Waals surface area contributed by atoms with Crippen LogP contribution < -0.4 is 5.32 Å². The molecule has 1 aliphatic carbocycles. The average Bonchev–Trinajstić information content (AvgIpc) is 2.80. The summed E-state index contributed by atoms with van der Waals surface area (Å²) >= 11 is 0. The van der Waals surface area contributed by atoms with Gasteiger partial charge in [0.15, 0.2) is 0 Å². The fourth-order valence-corrected chi connectivity index (χ4v) is 3.82. The molecular formula is C19H31N3O4. The molecule has 0 aromatic heterocycles. The molecule has 26 heavy (non-hydrogen) atoms. The van der Waals surface area contributed by atoms with E-state index >= 15 is 0 Å². The molecule has 0 aromatic rings. The summed E-state index contributed by atoms with van der Waals surface area (Å²) < 4.78 is 0. The zero-order chi connectivity index (χ0) is 19.5. The maximum atomic E-state index is 12.5. The highest BCUT2D eigenvalue weighted by Gasteiger charge is 2.47. The zero-order valence-corrected chi connectivity index (χ0v) is 16.3. The number of hydrogen-bond acceptors (Lipinski definition) is 4. The van der Waals surface area contributed by atoms with Crippen molar-refractivity contribution in [2.75, 3.05) is 19.6 Å². The molecule has 4 amide bonds. The quantitative estimate of drug-likeness (QED) is 0.719. The molecule has 0 spiro atoms. The first-order chi connectivity index (χ1) is 12.1. The zero-order valence-electron chi connectivity index (χ0n) is 16.3. The molecule has 0 unspecified atom stereocenters. The van der Waals surface area contributed by atoms with Gasteiger partial charge in [0.1, 0.15) is 0 Å². The Morgan fingerprint density at radius 3 is 2.12 bits per heavy atom. The lowest BCUT2D eigenvalue weighted by atomic mass is 9.81. The molecule has 0 aromatic carbocycles. The van der Waals surface area contributed by atoms with E-state index in [4.69, 9.17) is 0 Å². The van der Waals surface area contributed by atoms with Crippen LogP contribution in [-0.2, 0) is 19.2 Å². The van der Waals surface area contributed by atoms with Gasteiger partial charge in [0.05, 0.1) is 18.4 Å². The lowest BCUT2D eigenvalue weighted by Gasteiger charge is -2.25. The van der Waals surface area contributed by atoms with Gasteiger partial charge in [-0.2, -0.15) is 0 Å². The summed E-state index contributed by atoms with van der Waals surface area (Å²) in [7, 11) is 0. The van der Waals surface area contributed by atoms with Gasteiger partial charge in [0.25, 0.3) is 0 Å². The van der Waals surface area contributed by atoms with Crippen LogP contribution in [0.3, 0.4) is 0 Å². The van der Waals surface area contributed by atoms with E-state index in [0.29, 0.717) is 6.54 Å². The highest BCUT2D eigenvalue weighted by Crippen LogP contribution is 2.37. The van der Waals surface area contributed by atoms with E-state index in [-0.39, 0.29) is 60.5 Å². The maximum absolute atomic E-state index is 12.5. The number of likely N-dealkylation sites (N-methyl/N-ethyl adjacent to an activating group) is 1. The van der Waals surface area contributed by atoms with E-state index in [2.05, 4.69) is 5.32 Å². The second-order valence-corrected chi connectivity index (χ2v) is 8.28. The van der Waals surface area contributed by atoms with Crippen molar-refractivity contribution in [2.24, 2.45) is 11.8 Å². The normalized spacial score (nSPS) is 23.0. The Balaban J connectivity index is 1.89. The smallest absolute Gasteiger partial charge is 0.240 e. The molecule has 2 fully saturated rings. The van der Waals surface area contributed by atoms with Crippen LogP contribution in [0.15, 0.2) is 0 Å². The highest BCUT2D eigenvalue weighted by atomic mass is 16.2. The van der Waals surface area contributed by atoms with Crippen molar-refractivity contribution in [3.8, 4) is 0 Å². The first-order valence-electron chi connectivity index (χ1n) is 9.58. The number of nitrogens with zero attached hydrogens (tertiary/aromatic N) is 2. The van der Waals surface area contributed by atoms with Gasteiger partial charge in [0, 0.05) is 25.0 Å². The van der Waals surface area contributed by atoms with E-state index in [0.717, 1.165) is 25.7 Å². The summed E-state index contributed by atoms with van der Waals surface area (Å²) in [5.74, 6) is -1.06. The van der Waals surface area contributed by atoms with Crippen LogP contribution in [0.2, 0.25) is 0 Å². The predicted octanol–water partition coefficient (Wildman–Crippen LogP) is 1.31. The highest BCUT2D eigenvalue weighted by molar-refractivity contribution is 6.05. The Morgan fingerprint density at radius 2 is 1.65 bits per heavy atom. The molecular weight excluding hydrogens is 334 g/mol. The Labute approximate surface area is 155 Å². The molecule has 0 radical (unpaired) electrons. The molecule has 1 saturated carbocycles. The van der Waals surface area contributed by atoms with E-state index in [1.165, 1.54) is 9.80 Å². The Hall–Kier alpha value is -1.92. The number of carbonyl (C=O) groups is 4. The van der Waals surface area contributed by atoms with Gasteiger partial charge in [-0.3, -0.25) is 24.1 Å². The average molecular weight is 365 g/mol. The number of hydrogen-bond donors (Lipinski definition) is 1. The van der Waals surface area contributed by atoms with Crippen LogP contribution in [0.4, 0.5) is 0 Å². The molecule has 2 rings (SSSR count). The summed E-state index contributed by atoms with van der Waals surface area (Å²) in [4.78, 5) is 52.1. The molecule has 7 nitrogen and oxygen atoms in total. The first kappa shape index (κ1) is 20.4. The summed E-state index contributed by atoms with van der Waals surface area (Å²) in [5.41, 5.74) is -0.357. The van der Waals surface area contributed by atoms with E-state index in [1.807, 2.05) is 27.7 Å². The van der Waals surface area contributed by atoms with Crippen molar-refractivity contribution in [3.05, 3.63) is 0 Å². The van der Waals surface area contributed by atoms with Crippen LogP contribution >= 0.6 is 0 Å². The standard InChI is InChI=1S/C19H31N3O4/c1-5-21(12-15(23)20-19(2,3)4)16(24)10-11-22-17(25)13-8-6-7-9-14(13)18(22)26/h13-14H,5-12H2,1-4H3,(H,20,23)/t13-,14-/m0/s1. The Morgan fingerprint density at radius 1 is 1.12 bits per heavy atom. The Bertz CT molecular complexity index is 558. The molecule has 1 saturated heterocycles. The minimum absolute atomic E-state index is 0.0141. The van der Waals surface area contributed by atoms with Crippen LogP contribution in [0, 0.1) is 11.8 Å². The van der Waals surface area contributed by atoms with Gasteiger partial charge in [-0.15, -0.1) is 0 Å². The number of carbonyl (C=O) groups excluding carboxylic acids is 4. The molecule has 1 heterocycles. The van der Waals surface area contributed by atoms with Crippen molar-refractivity contribution >= 4 is 23.6 Å². The lowest BCUT2D eigenvalue weighted by molar-refractivity contribution is -0.142. The Kier molecular flexibility index (Phi) is 6.42. The number of rotatable bonds is 6. The van der Waals surface area contributed by atoms with Crippen LogP contribution in [0.1, 0.15) is 59.8 Å². The predicted molar refractivity (Wildman–Crippen MR) is 96.9 cm³/mol. The molecule has 1 aliphatic heterocycles. The molecule has 7 heteroatoms. The number of amides is 4. The molecule has 2 aliphatic rings. The summed E-state index contributed by atoms with van der Waals surface area (Å²) in [5, 5.41) is 2.83. The SMILES string of the molecule is CCN(CC(=O)NC(C)(C)C)C(=O)CCN1C(=O)[C@H]2CCCC[C@@H]2C1=O. The monoisotopic (exact) mass is 365 g/mol. The van der Waals surface area contributed by atoms with Crippen LogP contribution in [0.25, 0.3) is 0 Å². The van der Waals surface area contributed by atoms with Crippen molar-refractivity contribution in [1.29, 1.82) is 0 Å². The number of imide groups is 1. The van der Waals surface area contributed by atoms with Crippen molar-refractivity contribution in [1.82, 2.24) is 15.1 Å². The molecule has 146 valence electrons. The molecule has 2 atom stereocenters. The van der Waals surface area contributed by atoms with Gasteiger partial charge < -0.3 is 10.2 Å². The third kappa shape index (κ3) is 4.83. The summed E-state index contributed by atoms with van der Waals surface area (Å²) in [6.07, 6.45) is 3.58. The van der Waals surface area contributed by atoms with Crippen LogP contribution in [0.5, 0.6) is 0 Å². The van der Waals surface area contributed by atoms with Gasteiger partial charge in [-0.05, 0) is 40.5 Å². The van der Waals surface area contributed by atoms with Crippen molar-refractivity contribution < 1.29 is 19.2 Å². The summed E-state index contributed by atoms with van der Waals surface area (Å²) in [6.45, 7) is 7.96. The fourth-order valence-electron chi connectivity index (χ4n) is 3.82. The third-order valence-corrected chi connectivity index (χ3v) is 5.07. The topological polar surface area (TPSA) is 86.8 Å². The number of likely N-dealkylation sites (tertiary alicyclic amines) is 1. The van der Waals surface area contributed by atoms with Gasteiger partial charge >= 0.3 is 0 Å². The van der Waals surface area contributed by atoms with Gasteiger partial charge in [0.2, 0.25) is 23.6 Å². The summed E-state index contributed by atoms with van der Waals surface area (Å²) in [6, 6.07) is 0. The van der Waals surface area contributed by atoms with Crippen molar-refractivity contribution in [3.63, 3.8) is 0 Å². The number of fused-ring (bicyclic) bond motifs is 1. The third-order valence-electron chi connectivity index (χ3n) is 5.07. The number of nitrogens with one attached hydrogen (secondary N) is 1. The minimum Gasteiger partial charge on any atom is -0.350 e. The second-order valence-electron chi connectivity index (χ2n) is 8.28. The molecule has 1 N–H and O–H groups in total. The molecule has 0 bridgehead atoms. The van der Waals surface area contributed by atoms with Crippen LogP contribution in [-0.4, -0.2) is 58.6 Å². The van der Waals surface area contributed by atoms with Crippen molar-refractivity contribution in [2.45, 2.75) is 65.3 Å². The maximum Gasteiger partial charge on any atom is 0.240 e. The lowest BCUT2D eigenvalue weighted by Crippen LogP contribution is -2.47. The van der Waals surface area contributed by atoms with E-state index in [9.17, 15) is 19.2 Å². The largest absolute Gasteiger partial charge is 0.350 e. The minimum atomic E-state index is -0.357. The van der Waals surface area contributed by atoms with Gasteiger partial charge in [-0.25, -0.2) is 0 Å². The second kappa shape index (κ2) is 8.18.